The predicted molar refractivity (Wildman–Crippen MR) is 89.3 cm³/mol. The van der Waals surface area contributed by atoms with E-state index in [1.54, 1.807) is 32.3 Å². The maximum absolute atomic E-state index is 12.3. The minimum absolute atomic E-state index is 0.347. The van der Waals surface area contributed by atoms with Gasteiger partial charge in [-0.2, -0.15) is 0 Å². The second kappa shape index (κ2) is 6.24. The molecule has 1 atom stereocenters. The quantitative estimate of drug-likeness (QED) is 0.830. The smallest absolute Gasteiger partial charge is 0.239 e. The predicted octanol–water partition coefficient (Wildman–Crippen LogP) is 2.33. The van der Waals surface area contributed by atoms with Crippen LogP contribution in [-0.4, -0.2) is 21.4 Å². The molecule has 6 heteroatoms. The van der Waals surface area contributed by atoms with Crippen LogP contribution in [0.25, 0.3) is 5.69 Å². The van der Waals surface area contributed by atoms with E-state index in [1.165, 1.54) is 0 Å². The van der Waals surface area contributed by atoms with Gasteiger partial charge in [0.2, 0.25) is 11.8 Å². The van der Waals surface area contributed by atoms with Crippen molar-refractivity contribution < 1.29 is 9.59 Å². The van der Waals surface area contributed by atoms with E-state index in [0.29, 0.717) is 12.1 Å². The summed E-state index contributed by atoms with van der Waals surface area (Å²) in [5, 5.41) is 2.75. The van der Waals surface area contributed by atoms with Gasteiger partial charge in [0, 0.05) is 17.1 Å². The van der Waals surface area contributed by atoms with Crippen LogP contribution in [0, 0.1) is 19.3 Å². The SMILES string of the molecule is CCC(C)(C(N)=O)C(=O)Nc1ccc(-n2cnc(C)c2C)cc1. The highest BCUT2D eigenvalue weighted by atomic mass is 16.2. The first-order valence-electron chi connectivity index (χ1n) is 7.52. The Labute approximate surface area is 135 Å². The molecule has 1 aromatic carbocycles. The van der Waals surface area contributed by atoms with Crippen molar-refractivity contribution in [1.29, 1.82) is 0 Å². The Morgan fingerprint density at radius 3 is 2.30 bits per heavy atom. The van der Waals surface area contributed by atoms with Gasteiger partial charge < -0.3 is 15.6 Å². The monoisotopic (exact) mass is 314 g/mol. The molecule has 2 amide bonds. The maximum atomic E-state index is 12.3. The van der Waals surface area contributed by atoms with E-state index < -0.39 is 17.2 Å². The lowest BCUT2D eigenvalue weighted by Crippen LogP contribution is -2.44. The van der Waals surface area contributed by atoms with Crippen molar-refractivity contribution in [2.45, 2.75) is 34.1 Å². The topological polar surface area (TPSA) is 90.0 Å². The van der Waals surface area contributed by atoms with Crippen LogP contribution >= 0.6 is 0 Å². The molecule has 23 heavy (non-hydrogen) atoms. The summed E-state index contributed by atoms with van der Waals surface area (Å²) in [4.78, 5) is 28.1. The van der Waals surface area contributed by atoms with Crippen LogP contribution < -0.4 is 11.1 Å². The highest BCUT2D eigenvalue weighted by Gasteiger charge is 2.37. The average Bonchev–Trinajstić information content (AvgIpc) is 2.86. The molecule has 122 valence electrons. The number of anilines is 1. The van der Waals surface area contributed by atoms with E-state index in [9.17, 15) is 9.59 Å². The number of rotatable bonds is 5. The van der Waals surface area contributed by atoms with E-state index in [1.807, 2.05) is 30.5 Å². The zero-order valence-electron chi connectivity index (χ0n) is 13.9. The molecule has 2 rings (SSSR count). The number of benzene rings is 1. The van der Waals surface area contributed by atoms with Gasteiger partial charge >= 0.3 is 0 Å². The molecule has 0 radical (unpaired) electrons. The molecular weight excluding hydrogens is 292 g/mol. The number of nitrogens with one attached hydrogen (secondary N) is 1. The van der Waals surface area contributed by atoms with E-state index in [-0.39, 0.29) is 0 Å². The fourth-order valence-corrected chi connectivity index (χ4v) is 2.18. The van der Waals surface area contributed by atoms with Crippen LogP contribution in [-0.2, 0) is 9.59 Å². The number of amides is 2. The summed E-state index contributed by atoms with van der Waals surface area (Å²) in [6.07, 6.45) is 2.11. The van der Waals surface area contributed by atoms with E-state index in [0.717, 1.165) is 17.1 Å². The fourth-order valence-electron chi connectivity index (χ4n) is 2.18. The van der Waals surface area contributed by atoms with Crippen LogP contribution in [0.15, 0.2) is 30.6 Å². The molecule has 0 aliphatic carbocycles. The second-order valence-electron chi connectivity index (χ2n) is 5.84. The first kappa shape index (κ1) is 16.7. The number of nitrogens with zero attached hydrogens (tertiary/aromatic N) is 2. The van der Waals surface area contributed by atoms with Gasteiger partial charge in [0.25, 0.3) is 0 Å². The Bertz CT molecular complexity index is 734. The van der Waals surface area contributed by atoms with Crippen LogP contribution in [0.3, 0.4) is 0 Å². The highest BCUT2D eigenvalue weighted by molar-refractivity contribution is 6.09. The summed E-state index contributed by atoms with van der Waals surface area (Å²) < 4.78 is 1.97. The molecule has 3 N–H and O–H groups in total. The van der Waals surface area contributed by atoms with Crippen molar-refractivity contribution in [2.24, 2.45) is 11.1 Å². The van der Waals surface area contributed by atoms with Gasteiger partial charge in [0.1, 0.15) is 5.41 Å². The normalized spacial score (nSPS) is 13.4. The van der Waals surface area contributed by atoms with Gasteiger partial charge in [-0.05, 0) is 51.5 Å². The third-order valence-electron chi connectivity index (χ3n) is 4.41. The number of aryl methyl sites for hydroxylation is 1. The number of carbonyl (C=O) groups is 2. The second-order valence-corrected chi connectivity index (χ2v) is 5.84. The number of hydrogen-bond acceptors (Lipinski definition) is 3. The Morgan fingerprint density at radius 1 is 1.26 bits per heavy atom. The lowest BCUT2D eigenvalue weighted by atomic mass is 9.85. The van der Waals surface area contributed by atoms with Gasteiger partial charge in [-0.25, -0.2) is 4.98 Å². The van der Waals surface area contributed by atoms with Crippen molar-refractivity contribution in [1.82, 2.24) is 9.55 Å². The molecule has 0 saturated carbocycles. The summed E-state index contributed by atoms with van der Waals surface area (Å²) in [5.74, 6) is -1.02. The molecule has 0 bridgehead atoms. The summed E-state index contributed by atoms with van der Waals surface area (Å²) in [7, 11) is 0. The molecule has 0 aliphatic rings. The summed E-state index contributed by atoms with van der Waals surface area (Å²) in [5.41, 5.74) is 7.74. The van der Waals surface area contributed by atoms with Crippen LogP contribution in [0.5, 0.6) is 0 Å². The minimum atomic E-state index is -1.21. The molecule has 0 saturated heterocycles. The Balaban J connectivity index is 2.19. The van der Waals surface area contributed by atoms with Crippen molar-refractivity contribution >= 4 is 17.5 Å². The van der Waals surface area contributed by atoms with Crippen LogP contribution in [0.1, 0.15) is 31.7 Å². The van der Waals surface area contributed by atoms with E-state index in [4.69, 9.17) is 5.73 Å². The minimum Gasteiger partial charge on any atom is -0.369 e. The fraction of sp³-hybridized carbons (Fsp3) is 0.353. The van der Waals surface area contributed by atoms with E-state index in [2.05, 4.69) is 10.3 Å². The third kappa shape index (κ3) is 3.11. The molecule has 0 spiro atoms. The van der Waals surface area contributed by atoms with Gasteiger partial charge in [-0.1, -0.05) is 6.92 Å². The summed E-state index contributed by atoms with van der Waals surface area (Å²) in [6.45, 7) is 7.27. The number of primary amides is 1. The van der Waals surface area contributed by atoms with E-state index >= 15 is 0 Å². The van der Waals surface area contributed by atoms with Crippen molar-refractivity contribution in [3.8, 4) is 5.69 Å². The molecule has 1 heterocycles. The first-order valence-corrected chi connectivity index (χ1v) is 7.52. The molecule has 0 aliphatic heterocycles. The van der Waals surface area contributed by atoms with Crippen molar-refractivity contribution in [3.63, 3.8) is 0 Å². The van der Waals surface area contributed by atoms with Crippen LogP contribution in [0.4, 0.5) is 5.69 Å². The molecular formula is C17H22N4O2. The number of imidazole rings is 1. The van der Waals surface area contributed by atoms with Gasteiger partial charge in [-0.3, -0.25) is 9.59 Å². The van der Waals surface area contributed by atoms with Gasteiger partial charge in [0.15, 0.2) is 0 Å². The molecule has 6 nitrogen and oxygen atoms in total. The Morgan fingerprint density at radius 2 is 1.87 bits per heavy atom. The maximum Gasteiger partial charge on any atom is 0.239 e. The zero-order chi connectivity index (χ0) is 17.2. The largest absolute Gasteiger partial charge is 0.369 e. The molecule has 1 aromatic heterocycles. The van der Waals surface area contributed by atoms with Crippen LogP contribution in [0.2, 0.25) is 0 Å². The lowest BCUT2D eigenvalue weighted by molar-refractivity contribution is -0.137. The Hall–Kier alpha value is -2.63. The summed E-state index contributed by atoms with van der Waals surface area (Å²) in [6, 6.07) is 7.35. The molecule has 2 aromatic rings. The number of carbonyl (C=O) groups excluding carboxylic acids is 2. The van der Waals surface area contributed by atoms with Crippen molar-refractivity contribution in [2.75, 3.05) is 5.32 Å². The first-order chi connectivity index (χ1) is 10.8. The number of aromatic nitrogens is 2. The molecule has 1 unspecified atom stereocenters. The number of hydrogen-bond donors (Lipinski definition) is 2. The third-order valence-corrected chi connectivity index (χ3v) is 4.41. The lowest BCUT2D eigenvalue weighted by Gasteiger charge is -2.23. The molecule has 0 fully saturated rings. The van der Waals surface area contributed by atoms with Gasteiger partial charge in [-0.15, -0.1) is 0 Å². The standard InChI is InChI=1S/C17H22N4O2/c1-5-17(4,15(18)22)16(23)20-13-6-8-14(9-7-13)21-10-19-11(2)12(21)3/h6-10H,5H2,1-4H3,(H2,18,22)(H,20,23). The highest BCUT2D eigenvalue weighted by Crippen LogP contribution is 2.24. The average molecular weight is 314 g/mol. The zero-order valence-corrected chi connectivity index (χ0v) is 13.9. The Kier molecular flexibility index (Phi) is 4.54. The van der Waals surface area contributed by atoms with Crippen molar-refractivity contribution in [3.05, 3.63) is 42.0 Å². The summed E-state index contributed by atoms with van der Waals surface area (Å²) >= 11 is 0. The number of nitrogens with two attached hydrogens (primary N) is 1. The van der Waals surface area contributed by atoms with Gasteiger partial charge in [0.05, 0.1) is 12.0 Å².